The van der Waals surface area contributed by atoms with Crippen LogP contribution in [0.2, 0.25) is 0 Å². The van der Waals surface area contributed by atoms with Crippen molar-refractivity contribution >= 4 is 23.7 Å². The summed E-state index contributed by atoms with van der Waals surface area (Å²) in [5.41, 5.74) is 3.15. The van der Waals surface area contributed by atoms with E-state index in [9.17, 15) is 9.59 Å². The Bertz CT molecular complexity index is 881. The minimum Gasteiger partial charge on any atom is -0.494 e. The van der Waals surface area contributed by atoms with Crippen molar-refractivity contribution in [3.05, 3.63) is 42.0 Å². The van der Waals surface area contributed by atoms with Gasteiger partial charge in [0.05, 0.1) is 34.2 Å². The molecular formula is C20H23N3O6. The van der Waals surface area contributed by atoms with Crippen molar-refractivity contribution in [1.82, 2.24) is 5.43 Å². The fraction of sp³-hybridized carbons (Fsp3) is 0.250. The van der Waals surface area contributed by atoms with Crippen LogP contribution in [-0.4, -0.2) is 46.0 Å². The van der Waals surface area contributed by atoms with Gasteiger partial charge in [0.1, 0.15) is 5.75 Å². The lowest BCUT2D eigenvalue weighted by Gasteiger charge is -2.13. The van der Waals surface area contributed by atoms with Gasteiger partial charge in [-0.05, 0) is 43.3 Å². The highest BCUT2D eigenvalue weighted by atomic mass is 16.5. The first-order valence-corrected chi connectivity index (χ1v) is 8.70. The molecule has 2 aromatic carbocycles. The number of nitrogens with one attached hydrogen (secondary N) is 2. The van der Waals surface area contributed by atoms with E-state index >= 15 is 0 Å². The Balaban J connectivity index is 2.00. The smallest absolute Gasteiger partial charge is 0.329 e. The molecule has 2 amide bonds. The number of amides is 2. The van der Waals surface area contributed by atoms with Gasteiger partial charge in [0, 0.05) is 11.3 Å². The van der Waals surface area contributed by atoms with Crippen molar-refractivity contribution in [2.24, 2.45) is 5.10 Å². The lowest BCUT2D eigenvalue weighted by atomic mass is 10.2. The minimum absolute atomic E-state index is 0.378. The van der Waals surface area contributed by atoms with Crippen molar-refractivity contribution in [3.63, 3.8) is 0 Å². The third kappa shape index (κ3) is 5.61. The first kappa shape index (κ1) is 21.5. The van der Waals surface area contributed by atoms with E-state index in [1.807, 2.05) is 6.92 Å². The summed E-state index contributed by atoms with van der Waals surface area (Å²) < 4.78 is 21.1. The fourth-order valence-electron chi connectivity index (χ4n) is 2.43. The maximum Gasteiger partial charge on any atom is 0.329 e. The number of methoxy groups -OCH3 is 3. The summed E-state index contributed by atoms with van der Waals surface area (Å²) in [7, 11) is 4.46. The second-order valence-corrected chi connectivity index (χ2v) is 5.53. The van der Waals surface area contributed by atoms with Gasteiger partial charge in [-0.1, -0.05) is 0 Å². The Hall–Kier alpha value is -3.75. The number of carbonyl (C=O) groups excluding carboxylic acids is 2. The third-order valence-corrected chi connectivity index (χ3v) is 3.73. The molecule has 9 nitrogen and oxygen atoms in total. The van der Waals surface area contributed by atoms with Gasteiger partial charge in [0.15, 0.2) is 11.5 Å². The SMILES string of the molecule is CCOc1ccc(NC(=O)C(=O)N/N=C\c2ccc(OC)c(OC)c2OC)cc1. The van der Waals surface area contributed by atoms with Crippen LogP contribution in [0.3, 0.4) is 0 Å². The summed E-state index contributed by atoms with van der Waals surface area (Å²) in [6.07, 6.45) is 1.34. The molecule has 9 heteroatoms. The van der Waals surface area contributed by atoms with Crippen LogP contribution in [0.25, 0.3) is 0 Å². The van der Waals surface area contributed by atoms with Gasteiger partial charge in [-0.15, -0.1) is 0 Å². The zero-order chi connectivity index (χ0) is 21.2. The molecule has 2 N–H and O–H groups in total. The van der Waals surface area contributed by atoms with E-state index in [2.05, 4.69) is 15.8 Å². The molecule has 0 aliphatic carbocycles. The number of anilines is 1. The number of ether oxygens (including phenoxy) is 4. The maximum atomic E-state index is 12.0. The summed E-state index contributed by atoms with van der Waals surface area (Å²) >= 11 is 0. The van der Waals surface area contributed by atoms with Gasteiger partial charge in [0.2, 0.25) is 5.75 Å². The number of nitrogens with zero attached hydrogens (tertiary/aromatic N) is 1. The van der Waals surface area contributed by atoms with Gasteiger partial charge in [-0.3, -0.25) is 9.59 Å². The summed E-state index contributed by atoms with van der Waals surface area (Å²) in [5.74, 6) is 0.144. The predicted octanol–water partition coefficient (Wildman–Crippen LogP) is 2.20. The zero-order valence-electron chi connectivity index (χ0n) is 16.6. The number of carbonyl (C=O) groups is 2. The molecule has 0 spiro atoms. The summed E-state index contributed by atoms with van der Waals surface area (Å²) in [6.45, 7) is 2.41. The lowest BCUT2D eigenvalue weighted by molar-refractivity contribution is -0.136. The molecule has 0 saturated heterocycles. The van der Waals surface area contributed by atoms with Crippen molar-refractivity contribution < 1.29 is 28.5 Å². The monoisotopic (exact) mass is 401 g/mol. The first-order chi connectivity index (χ1) is 14.0. The third-order valence-electron chi connectivity index (χ3n) is 3.73. The molecule has 154 valence electrons. The summed E-state index contributed by atoms with van der Waals surface area (Å²) in [5, 5.41) is 6.27. The number of hydrogen-bond donors (Lipinski definition) is 2. The minimum atomic E-state index is -0.922. The zero-order valence-corrected chi connectivity index (χ0v) is 16.6. The molecule has 0 saturated carbocycles. The van der Waals surface area contributed by atoms with Crippen molar-refractivity contribution in [2.45, 2.75) is 6.92 Å². The molecule has 2 rings (SSSR count). The number of hydrazone groups is 1. The van der Waals surface area contributed by atoms with Crippen LogP contribution in [0, 0.1) is 0 Å². The van der Waals surface area contributed by atoms with Crippen LogP contribution < -0.4 is 29.7 Å². The summed E-state index contributed by atoms with van der Waals surface area (Å²) in [6, 6.07) is 10.00. The van der Waals surface area contributed by atoms with E-state index in [4.69, 9.17) is 18.9 Å². The Labute approximate surface area is 168 Å². The quantitative estimate of drug-likeness (QED) is 0.399. The highest BCUT2D eigenvalue weighted by molar-refractivity contribution is 6.39. The number of benzene rings is 2. The van der Waals surface area contributed by atoms with Crippen LogP contribution in [0.4, 0.5) is 5.69 Å². The molecule has 0 unspecified atom stereocenters. The standard InChI is InChI=1S/C20H23N3O6/c1-5-29-15-9-7-14(8-10-15)22-19(24)20(25)23-21-12-13-6-11-16(26-2)18(28-4)17(13)27-3/h6-12H,5H2,1-4H3,(H,22,24)(H,23,25)/b21-12-. The Morgan fingerprint density at radius 1 is 0.931 bits per heavy atom. The van der Waals surface area contributed by atoms with Crippen LogP contribution in [-0.2, 0) is 9.59 Å². The second-order valence-electron chi connectivity index (χ2n) is 5.53. The van der Waals surface area contributed by atoms with E-state index in [-0.39, 0.29) is 0 Å². The van der Waals surface area contributed by atoms with Crippen LogP contribution in [0.5, 0.6) is 23.0 Å². The van der Waals surface area contributed by atoms with Gasteiger partial charge in [-0.2, -0.15) is 5.10 Å². The van der Waals surface area contributed by atoms with Gasteiger partial charge >= 0.3 is 11.8 Å². The van der Waals surface area contributed by atoms with E-state index in [1.165, 1.54) is 27.5 Å². The predicted molar refractivity (Wildman–Crippen MR) is 108 cm³/mol. The average Bonchev–Trinajstić information content (AvgIpc) is 2.74. The molecule has 29 heavy (non-hydrogen) atoms. The Morgan fingerprint density at radius 3 is 2.21 bits per heavy atom. The molecule has 0 atom stereocenters. The van der Waals surface area contributed by atoms with Gasteiger partial charge in [-0.25, -0.2) is 5.43 Å². The van der Waals surface area contributed by atoms with Crippen LogP contribution in [0.1, 0.15) is 12.5 Å². The molecule has 0 radical (unpaired) electrons. The number of rotatable bonds is 8. The second kappa shape index (κ2) is 10.5. The molecule has 0 fully saturated rings. The Morgan fingerprint density at radius 2 is 1.62 bits per heavy atom. The first-order valence-electron chi connectivity index (χ1n) is 8.70. The normalized spacial score (nSPS) is 10.3. The molecular weight excluding hydrogens is 378 g/mol. The van der Waals surface area contributed by atoms with Crippen LogP contribution in [0.15, 0.2) is 41.5 Å². The molecule has 0 aliphatic heterocycles. The van der Waals surface area contributed by atoms with Crippen molar-refractivity contribution in [1.29, 1.82) is 0 Å². The van der Waals surface area contributed by atoms with E-state index < -0.39 is 11.8 Å². The molecule has 0 aliphatic rings. The number of hydrogen-bond acceptors (Lipinski definition) is 7. The average molecular weight is 401 g/mol. The van der Waals surface area contributed by atoms with Gasteiger partial charge < -0.3 is 24.3 Å². The lowest BCUT2D eigenvalue weighted by Crippen LogP contribution is -2.32. The molecule has 0 aromatic heterocycles. The molecule has 0 bridgehead atoms. The topological polar surface area (TPSA) is 107 Å². The highest BCUT2D eigenvalue weighted by Crippen LogP contribution is 2.38. The van der Waals surface area contributed by atoms with E-state index in [1.54, 1.807) is 36.4 Å². The maximum absolute atomic E-state index is 12.0. The fourth-order valence-corrected chi connectivity index (χ4v) is 2.43. The van der Waals surface area contributed by atoms with Crippen molar-refractivity contribution in [3.8, 4) is 23.0 Å². The highest BCUT2D eigenvalue weighted by Gasteiger charge is 2.16. The molecule has 2 aromatic rings. The van der Waals surface area contributed by atoms with Crippen molar-refractivity contribution in [2.75, 3.05) is 33.3 Å². The largest absolute Gasteiger partial charge is 0.494 e. The van der Waals surface area contributed by atoms with E-state index in [0.29, 0.717) is 40.9 Å². The van der Waals surface area contributed by atoms with Gasteiger partial charge in [0.25, 0.3) is 0 Å². The summed E-state index contributed by atoms with van der Waals surface area (Å²) in [4.78, 5) is 23.9. The van der Waals surface area contributed by atoms with Crippen LogP contribution >= 0.6 is 0 Å². The molecule has 0 heterocycles. The Kier molecular flexibility index (Phi) is 7.84. The van der Waals surface area contributed by atoms with E-state index in [0.717, 1.165) is 0 Å².